The predicted octanol–water partition coefficient (Wildman–Crippen LogP) is 3.19. The van der Waals surface area contributed by atoms with E-state index in [2.05, 4.69) is 24.1 Å². The Morgan fingerprint density at radius 1 is 1.17 bits per heavy atom. The summed E-state index contributed by atoms with van der Waals surface area (Å²) >= 11 is 0. The fraction of sp³-hybridized carbons (Fsp3) is 0.333. The van der Waals surface area contributed by atoms with Crippen LogP contribution in [0.3, 0.4) is 0 Å². The van der Waals surface area contributed by atoms with Crippen molar-refractivity contribution >= 4 is 11.7 Å². The van der Waals surface area contributed by atoms with Crippen LogP contribution in [0.15, 0.2) is 36.7 Å². The summed E-state index contributed by atoms with van der Waals surface area (Å²) in [6.07, 6.45) is 2.93. The van der Waals surface area contributed by atoms with Gasteiger partial charge in [0.2, 0.25) is 0 Å². The van der Waals surface area contributed by atoms with Crippen molar-refractivity contribution in [3.63, 3.8) is 0 Å². The fourth-order valence-electron chi connectivity index (χ4n) is 2.34. The van der Waals surface area contributed by atoms with Crippen LogP contribution in [0.2, 0.25) is 0 Å². The SMILES string of the molecule is COc1ccc(C(C)(C)CNc2cncc(C(=O)O)c2)cc1OC. The van der Waals surface area contributed by atoms with Crippen LogP contribution in [0.1, 0.15) is 29.8 Å². The number of nitrogens with zero attached hydrogens (tertiary/aromatic N) is 1. The van der Waals surface area contributed by atoms with Crippen molar-refractivity contribution in [2.75, 3.05) is 26.1 Å². The lowest BCUT2D eigenvalue weighted by molar-refractivity contribution is 0.0696. The van der Waals surface area contributed by atoms with Gasteiger partial charge in [-0.1, -0.05) is 19.9 Å². The van der Waals surface area contributed by atoms with Gasteiger partial charge in [-0.25, -0.2) is 4.79 Å². The van der Waals surface area contributed by atoms with Crippen molar-refractivity contribution in [2.45, 2.75) is 19.3 Å². The van der Waals surface area contributed by atoms with E-state index in [1.165, 1.54) is 6.20 Å². The highest BCUT2D eigenvalue weighted by atomic mass is 16.5. The molecule has 0 fully saturated rings. The minimum absolute atomic E-state index is 0.156. The summed E-state index contributed by atoms with van der Waals surface area (Å²) in [4.78, 5) is 15.0. The molecule has 0 saturated carbocycles. The molecule has 1 aromatic carbocycles. The van der Waals surface area contributed by atoms with E-state index < -0.39 is 5.97 Å². The lowest BCUT2D eigenvalue weighted by Crippen LogP contribution is -2.27. The van der Waals surface area contributed by atoms with E-state index in [4.69, 9.17) is 14.6 Å². The molecule has 6 heteroatoms. The average molecular weight is 330 g/mol. The first-order valence-electron chi connectivity index (χ1n) is 7.52. The van der Waals surface area contributed by atoms with Crippen molar-refractivity contribution in [3.8, 4) is 11.5 Å². The summed E-state index contributed by atoms with van der Waals surface area (Å²) in [7, 11) is 3.21. The number of carboxylic acid groups (broad SMARTS) is 1. The highest BCUT2D eigenvalue weighted by molar-refractivity contribution is 5.88. The van der Waals surface area contributed by atoms with Crippen molar-refractivity contribution < 1.29 is 19.4 Å². The summed E-state index contributed by atoms with van der Waals surface area (Å²) in [5.41, 5.74) is 1.70. The summed E-state index contributed by atoms with van der Waals surface area (Å²) in [5, 5.41) is 12.3. The van der Waals surface area contributed by atoms with Crippen LogP contribution >= 0.6 is 0 Å². The van der Waals surface area contributed by atoms with E-state index in [9.17, 15) is 4.79 Å². The minimum Gasteiger partial charge on any atom is -0.493 e. The van der Waals surface area contributed by atoms with E-state index in [0.717, 1.165) is 5.56 Å². The van der Waals surface area contributed by atoms with Gasteiger partial charge in [0.15, 0.2) is 11.5 Å². The Labute approximate surface area is 141 Å². The Hall–Kier alpha value is -2.76. The van der Waals surface area contributed by atoms with Crippen molar-refractivity contribution in [1.82, 2.24) is 4.98 Å². The van der Waals surface area contributed by atoms with Crippen molar-refractivity contribution in [1.29, 1.82) is 0 Å². The molecule has 0 atom stereocenters. The molecule has 6 nitrogen and oxygen atoms in total. The predicted molar refractivity (Wildman–Crippen MR) is 92.3 cm³/mol. The number of aromatic carboxylic acids is 1. The van der Waals surface area contributed by atoms with Crippen LogP contribution in [0.4, 0.5) is 5.69 Å². The topological polar surface area (TPSA) is 80.7 Å². The number of hydrogen-bond donors (Lipinski definition) is 2. The molecular weight excluding hydrogens is 308 g/mol. The smallest absolute Gasteiger partial charge is 0.337 e. The summed E-state index contributed by atoms with van der Waals surface area (Å²) in [6, 6.07) is 7.39. The highest BCUT2D eigenvalue weighted by Gasteiger charge is 2.22. The second-order valence-corrected chi connectivity index (χ2v) is 6.07. The number of carboxylic acids is 1. The first-order valence-corrected chi connectivity index (χ1v) is 7.52. The zero-order valence-electron chi connectivity index (χ0n) is 14.3. The fourth-order valence-corrected chi connectivity index (χ4v) is 2.34. The number of nitrogens with one attached hydrogen (secondary N) is 1. The number of pyridine rings is 1. The zero-order valence-corrected chi connectivity index (χ0v) is 14.3. The number of aromatic nitrogens is 1. The number of anilines is 1. The molecule has 0 spiro atoms. The largest absolute Gasteiger partial charge is 0.493 e. The molecule has 2 aromatic rings. The Balaban J connectivity index is 2.16. The average Bonchev–Trinajstić information content (AvgIpc) is 2.59. The van der Waals surface area contributed by atoms with Gasteiger partial charge >= 0.3 is 5.97 Å². The molecule has 0 aliphatic heterocycles. The molecule has 2 rings (SSSR count). The van der Waals surface area contributed by atoms with Gasteiger partial charge in [0, 0.05) is 24.4 Å². The molecule has 0 amide bonds. The summed E-state index contributed by atoms with van der Waals surface area (Å²) in [5.74, 6) is 0.367. The Morgan fingerprint density at radius 3 is 2.50 bits per heavy atom. The molecule has 0 bridgehead atoms. The Kier molecular flexibility index (Phi) is 5.28. The van der Waals surface area contributed by atoms with Gasteiger partial charge in [0.25, 0.3) is 0 Å². The van der Waals surface area contributed by atoms with E-state index >= 15 is 0 Å². The molecule has 128 valence electrons. The van der Waals surface area contributed by atoms with Gasteiger partial charge < -0.3 is 19.9 Å². The second-order valence-electron chi connectivity index (χ2n) is 6.07. The van der Waals surface area contributed by atoms with Crippen LogP contribution < -0.4 is 14.8 Å². The van der Waals surface area contributed by atoms with E-state index in [0.29, 0.717) is 23.7 Å². The number of rotatable bonds is 7. The molecule has 1 heterocycles. The molecule has 0 aliphatic rings. The summed E-state index contributed by atoms with van der Waals surface area (Å²) in [6.45, 7) is 4.79. The van der Waals surface area contributed by atoms with Gasteiger partial charge in [-0.2, -0.15) is 0 Å². The first kappa shape index (κ1) is 17.6. The quantitative estimate of drug-likeness (QED) is 0.811. The van der Waals surface area contributed by atoms with Gasteiger partial charge in [-0.15, -0.1) is 0 Å². The Morgan fingerprint density at radius 2 is 1.88 bits per heavy atom. The molecule has 2 N–H and O–H groups in total. The minimum atomic E-state index is -0.995. The third-order valence-corrected chi connectivity index (χ3v) is 3.88. The van der Waals surface area contributed by atoms with Gasteiger partial charge in [0.05, 0.1) is 25.5 Å². The summed E-state index contributed by atoms with van der Waals surface area (Å²) < 4.78 is 10.6. The van der Waals surface area contributed by atoms with E-state index in [-0.39, 0.29) is 11.0 Å². The van der Waals surface area contributed by atoms with E-state index in [1.807, 2.05) is 18.2 Å². The third kappa shape index (κ3) is 3.95. The zero-order chi connectivity index (χ0) is 17.7. The van der Waals surface area contributed by atoms with Crippen molar-refractivity contribution in [3.05, 3.63) is 47.8 Å². The monoisotopic (exact) mass is 330 g/mol. The maximum atomic E-state index is 11.0. The van der Waals surface area contributed by atoms with Crippen LogP contribution in [-0.2, 0) is 5.41 Å². The number of benzene rings is 1. The van der Waals surface area contributed by atoms with Gasteiger partial charge in [-0.05, 0) is 23.8 Å². The van der Waals surface area contributed by atoms with Gasteiger partial charge in [-0.3, -0.25) is 4.98 Å². The normalized spacial score (nSPS) is 11.0. The van der Waals surface area contributed by atoms with Gasteiger partial charge in [0.1, 0.15) is 0 Å². The molecule has 0 saturated heterocycles. The molecular formula is C18H22N2O4. The van der Waals surface area contributed by atoms with Crippen LogP contribution in [0, 0.1) is 0 Å². The van der Waals surface area contributed by atoms with E-state index in [1.54, 1.807) is 26.5 Å². The van der Waals surface area contributed by atoms with Crippen molar-refractivity contribution in [2.24, 2.45) is 0 Å². The molecule has 0 unspecified atom stereocenters. The molecule has 0 radical (unpaired) electrons. The first-order chi connectivity index (χ1) is 11.4. The molecule has 1 aromatic heterocycles. The number of hydrogen-bond acceptors (Lipinski definition) is 5. The molecule has 0 aliphatic carbocycles. The Bertz CT molecular complexity index is 729. The number of methoxy groups -OCH3 is 2. The number of carbonyl (C=O) groups is 1. The van der Waals surface area contributed by atoms with Crippen LogP contribution in [-0.4, -0.2) is 36.8 Å². The van der Waals surface area contributed by atoms with Crippen LogP contribution in [0.5, 0.6) is 11.5 Å². The standard InChI is InChI=1S/C18H22N2O4/c1-18(2,13-5-6-15(23-3)16(8-13)24-4)11-20-14-7-12(17(21)22)9-19-10-14/h5-10,20H,11H2,1-4H3,(H,21,22). The number of ether oxygens (including phenoxy) is 2. The molecule has 24 heavy (non-hydrogen) atoms. The highest BCUT2D eigenvalue weighted by Crippen LogP contribution is 2.33. The maximum absolute atomic E-state index is 11.0. The lowest BCUT2D eigenvalue weighted by atomic mass is 9.84. The maximum Gasteiger partial charge on any atom is 0.337 e. The lowest BCUT2D eigenvalue weighted by Gasteiger charge is -2.27. The van der Waals surface area contributed by atoms with Crippen LogP contribution in [0.25, 0.3) is 0 Å². The third-order valence-electron chi connectivity index (χ3n) is 3.88. The second kappa shape index (κ2) is 7.21.